The Hall–Kier alpha value is -2.16. The quantitative estimate of drug-likeness (QED) is 0.713. The lowest BCUT2D eigenvalue weighted by Crippen LogP contribution is -2.42. The first-order valence-corrected chi connectivity index (χ1v) is 12.5. The monoisotopic (exact) mass is 462 g/mol. The summed E-state index contributed by atoms with van der Waals surface area (Å²) in [4.78, 5) is 19.6. The van der Waals surface area contributed by atoms with Crippen LogP contribution in [0.5, 0.6) is 0 Å². The molecule has 2 aliphatic rings. The van der Waals surface area contributed by atoms with Crippen molar-refractivity contribution in [3.63, 3.8) is 0 Å². The summed E-state index contributed by atoms with van der Waals surface area (Å²) in [5, 5.41) is 3.51. The zero-order chi connectivity index (χ0) is 21.8. The summed E-state index contributed by atoms with van der Waals surface area (Å²) >= 11 is 5.86. The smallest absolute Gasteiger partial charge is 0.243 e. The van der Waals surface area contributed by atoms with Crippen molar-refractivity contribution in [3.8, 4) is 0 Å². The maximum atomic E-state index is 12.8. The fourth-order valence-electron chi connectivity index (χ4n) is 4.14. The van der Waals surface area contributed by atoms with Crippen LogP contribution < -0.4 is 10.2 Å². The number of hydrogen-bond donors (Lipinski definition) is 1. The molecule has 0 bridgehead atoms. The summed E-state index contributed by atoms with van der Waals surface area (Å²) in [7, 11) is -3.56. The molecule has 2 saturated heterocycles. The van der Waals surface area contributed by atoms with Gasteiger partial charge in [0.2, 0.25) is 15.9 Å². The van der Waals surface area contributed by atoms with Crippen molar-refractivity contribution < 1.29 is 13.2 Å². The second-order valence-electron chi connectivity index (χ2n) is 8.07. The minimum Gasteiger partial charge on any atom is -0.357 e. The van der Waals surface area contributed by atoms with Gasteiger partial charge in [-0.2, -0.15) is 4.31 Å². The molecule has 166 valence electrons. The SMILES string of the molecule is O=C(NCc1ccnc(N2CCCC2)c1)C1CCN(S(=O)(=O)c2ccc(Cl)cc2)CC1. The Labute approximate surface area is 188 Å². The number of hydrogen-bond acceptors (Lipinski definition) is 5. The van der Waals surface area contributed by atoms with E-state index in [1.165, 1.54) is 29.3 Å². The number of amides is 1. The Morgan fingerprint density at radius 3 is 2.42 bits per heavy atom. The highest BCUT2D eigenvalue weighted by Gasteiger charge is 2.32. The van der Waals surface area contributed by atoms with Crippen molar-refractivity contribution in [2.75, 3.05) is 31.1 Å². The van der Waals surface area contributed by atoms with Crippen molar-refractivity contribution >= 4 is 33.3 Å². The Morgan fingerprint density at radius 1 is 1.06 bits per heavy atom. The van der Waals surface area contributed by atoms with Gasteiger partial charge in [-0.15, -0.1) is 0 Å². The molecule has 0 unspecified atom stereocenters. The average molecular weight is 463 g/mol. The largest absolute Gasteiger partial charge is 0.357 e. The number of benzene rings is 1. The van der Waals surface area contributed by atoms with Crippen molar-refractivity contribution in [3.05, 3.63) is 53.2 Å². The van der Waals surface area contributed by atoms with E-state index in [0.29, 0.717) is 37.5 Å². The molecule has 4 rings (SSSR count). The molecule has 0 aliphatic carbocycles. The number of nitrogens with zero attached hydrogens (tertiary/aromatic N) is 3. The maximum absolute atomic E-state index is 12.8. The van der Waals surface area contributed by atoms with E-state index in [-0.39, 0.29) is 16.7 Å². The summed E-state index contributed by atoms with van der Waals surface area (Å²) in [5.74, 6) is 0.754. The molecular formula is C22H27ClN4O3S. The molecule has 2 aliphatic heterocycles. The van der Waals surface area contributed by atoms with E-state index >= 15 is 0 Å². The van der Waals surface area contributed by atoms with Gasteiger partial charge in [0, 0.05) is 49.9 Å². The van der Waals surface area contributed by atoms with Gasteiger partial charge < -0.3 is 10.2 Å². The van der Waals surface area contributed by atoms with Gasteiger partial charge in [0.15, 0.2) is 0 Å². The molecule has 0 radical (unpaired) electrons. The molecule has 0 atom stereocenters. The summed E-state index contributed by atoms with van der Waals surface area (Å²) in [6.07, 6.45) is 5.18. The predicted molar refractivity (Wildman–Crippen MR) is 120 cm³/mol. The number of pyridine rings is 1. The third kappa shape index (κ3) is 5.19. The van der Waals surface area contributed by atoms with Crippen molar-refractivity contribution in [2.45, 2.75) is 37.1 Å². The minimum atomic E-state index is -3.56. The van der Waals surface area contributed by atoms with E-state index < -0.39 is 10.0 Å². The number of halogens is 1. The molecule has 3 heterocycles. The molecule has 1 aromatic carbocycles. The molecule has 9 heteroatoms. The van der Waals surface area contributed by atoms with Crippen molar-refractivity contribution in [2.24, 2.45) is 5.92 Å². The fourth-order valence-corrected chi connectivity index (χ4v) is 5.73. The molecule has 31 heavy (non-hydrogen) atoms. The van der Waals surface area contributed by atoms with E-state index in [9.17, 15) is 13.2 Å². The van der Waals surface area contributed by atoms with E-state index in [4.69, 9.17) is 11.6 Å². The van der Waals surface area contributed by atoms with Gasteiger partial charge in [-0.1, -0.05) is 11.6 Å². The van der Waals surface area contributed by atoms with Crippen LogP contribution in [0.1, 0.15) is 31.2 Å². The van der Waals surface area contributed by atoms with Gasteiger partial charge in [0.05, 0.1) is 4.90 Å². The summed E-state index contributed by atoms with van der Waals surface area (Å²) in [6, 6.07) is 10.1. The number of piperidine rings is 1. The second-order valence-corrected chi connectivity index (χ2v) is 10.4. The van der Waals surface area contributed by atoms with E-state index in [1.54, 1.807) is 18.3 Å². The first-order valence-electron chi connectivity index (χ1n) is 10.7. The van der Waals surface area contributed by atoms with Gasteiger partial charge in [-0.05, 0) is 67.6 Å². The molecular weight excluding hydrogens is 436 g/mol. The Kier molecular flexibility index (Phi) is 6.79. The van der Waals surface area contributed by atoms with Gasteiger partial charge in [-0.3, -0.25) is 4.79 Å². The molecule has 2 fully saturated rings. The first kappa shape index (κ1) is 22.0. The Balaban J connectivity index is 1.29. The standard InChI is InChI=1S/C22H27ClN4O3S/c23-19-3-5-20(6-4-19)31(29,30)27-13-8-18(9-14-27)22(28)25-16-17-7-10-24-21(15-17)26-11-1-2-12-26/h3-7,10,15,18H,1-2,8-9,11-14,16H2,(H,25,28). The minimum absolute atomic E-state index is 0.0249. The molecule has 1 amide bonds. The highest BCUT2D eigenvalue weighted by Crippen LogP contribution is 2.25. The van der Waals surface area contributed by atoms with Crippen LogP contribution in [-0.2, 0) is 21.4 Å². The number of aromatic nitrogens is 1. The van der Waals surface area contributed by atoms with E-state index in [0.717, 1.165) is 24.5 Å². The number of anilines is 1. The van der Waals surface area contributed by atoms with E-state index in [2.05, 4.69) is 15.2 Å². The molecule has 0 spiro atoms. The molecule has 7 nitrogen and oxygen atoms in total. The first-order chi connectivity index (χ1) is 14.9. The number of nitrogens with one attached hydrogen (secondary N) is 1. The highest BCUT2D eigenvalue weighted by molar-refractivity contribution is 7.89. The summed E-state index contributed by atoms with van der Waals surface area (Å²) < 4.78 is 27.0. The number of sulfonamides is 1. The Morgan fingerprint density at radius 2 is 1.74 bits per heavy atom. The molecule has 1 aromatic heterocycles. The number of rotatable bonds is 6. The predicted octanol–water partition coefficient (Wildman–Crippen LogP) is 3.05. The second kappa shape index (κ2) is 9.54. The van der Waals surface area contributed by atoms with Crippen LogP contribution in [0.4, 0.5) is 5.82 Å². The lowest BCUT2D eigenvalue weighted by molar-refractivity contribution is -0.126. The van der Waals surface area contributed by atoms with Crippen molar-refractivity contribution in [1.29, 1.82) is 0 Å². The van der Waals surface area contributed by atoms with Crippen molar-refractivity contribution in [1.82, 2.24) is 14.6 Å². The lowest BCUT2D eigenvalue weighted by atomic mass is 9.97. The average Bonchev–Trinajstić information content (AvgIpc) is 3.33. The Bertz CT molecular complexity index is 1020. The van der Waals surface area contributed by atoms with Crippen LogP contribution in [-0.4, -0.2) is 49.8 Å². The third-order valence-electron chi connectivity index (χ3n) is 5.98. The molecule has 0 saturated carbocycles. The van der Waals surface area contributed by atoms with Crippen LogP contribution in [0, 0.1) is 5.92 Å². The van der Waals surface area contributed by atoms with Gasteiger partial charge in [0.25, 0.3) is 0 Å². The third-order valence-corrected chi connectivity index (χ3v) is 8.15. The molecule has 2 aromatic rings. The highest BCUT2D eigenvalue weighted by atomic mass is 35.5. The van der Waals surface area contributed by atoms with Crippen LogP contribution in [0.3, 0.4) is 0 Å². The van der Waals surface area contributed by atoms with Gasteiger partial charge >= 0.3 is 0 Å². The van der Waals surface area contributed by atoms with Gasteiger partial charge in [-0.25, -0.2) is 13.4 Å². The topological polar surface area (TPSA) is 82.6 Å². The van der Waals surface area contributed by atoms with Crippen LogP contribution in [0.2, 0.25) is 5.02 Å². The normalized spacial score (nSPS) is 18.3. The summed E-state index contributed by atoms with van der Waals surface area (Å²) in [6.45, 7) is 3.17. The zero-order valence-corrected chi connectivity index (χ0v) is 18.9. The van der Waals surface area contributed by atoms with Gasteiger partial charge in [0.1, 0.15) is 5.82 Å². The fraction of sp³-hybridized carbons (Fsp3) is 0.455. The summed E-state index contributed by atoms with van der Waals surface area (Å²) in [5.41, 5.74) is 1.02. The van der Waals surface area contributed by atoms with Crippen LogP contribution in [0.25, 0.3) is 0 Å². The lowest BCUT2D eigenvalue weighted by Gasteiger charge is -2.30. The van der Waals surface area contributed by atoms with Crippen LogP contribution in [0.15, 0.2) is 47.5 Å². The van der Waals surface area contributed by atoms with E-state index in [1.807, 2.05) is 12.1 Å². The zero-order valence-electron chi connectivity index (χ0n) is 17.3. The maximum Gasteiger partial charge on any atom is 0.243 e. The number of carbonyl (C=O) groups excluding carboxylic acids is 1. The molecule has 1 N–H and O–H groups in total. The van der Waals surface area contributed by atoms with Crippen LogP contribution >= 0.6 is 11.6 Å². The number of carbonyl (C=O) groups is 1.